The zero-order valence-electron chi connectivity index (χ0n) is 25.5. The molecule has 4 rings (SSSR count). The first kappa shape index (κ1) is 32.8. The maximum atomic E-state index is 14.7. The molecule has 3 saturated heterocycles. The summed E-state index contributed by atoms with van der Waals surface area (Å²) in [5.41, 5.74) is 0.490. The van der Waals surface area contributed by atoms with Gasteiger partial charge >= 0.3 is 0 Å². The highest BCUT2D eigenvalue weighted by Gasteiger charge is 2.76. The normalized spacial score (nSPS) is 29.6. The monoisotopic (exact) mass is 659 g/mol. The van der Waals surface area contributed by atoms with Gasteiger partial charge in [-0.05, 0) is 38.7 Å². The van der Waals surface area contributed by atoms with E-state index in [4.69, 9.17) is 0 Å². The van der Waals surface area contributed by atoms with Crippen LogP contribution < -0.4 is 0 Å². The fraction of sp³-hybridized carbons (Fsp3) is 0.606. The molecule has 1 aromatic carbocycles. The number of thioether (sulfide) groups is 1. The van der Waals surface area contributed by atoms with Crippen molar-refractivity contribution in [3.05, 3.63) is 61.2 Å². The van der Waals surface area contributed by atoms with Crippen molar-refractivity contribution in [2.45, 2.75) is 86.5 Å². The minimum atomic E-state index is -0.796. The second-order valence-electron chi connectivity index (χ2n) is 12.9. The second kappa shape index (κ2) is 12.9. The Bertz CT molecular complexity index is 1190. The molecule has 42 heavy (non-hydrogen) atoms. The van der Waals surface area contributed by atoms with E-state index < -0.39 is 34.2 Å². The van der Waals surface area contributed by atoms with Crippen molar-refractivity contribution in [3.8, 4) is 0 Å². The number of likely N-dealkylation sites (tertiary alicyclic amines) is 1. The maximum absolute atomic E-state index is 14.7. The summed E-state index contributed by atoms with van der Waals surface area (Å²) < 4.78 is -0.786. The SMILES string of the molecule is C=CCN(Cc1ccccc1)C(=O)[C@H]1[C@H]2C(=O)N([C@@H](CO)[C@@H](C)CC)C(C(=O)N(CC=C)C(C)(C)C)C23CC(Br)[C@@H]1S3. The van der Waals surface area contributed by atoms with Crippen molar-refractivity contribution in [1.82, 2.24) is 14.7 Å². The number of aliphatic hydroxyl groups is 1. The quantitative estimate of drug-likeness (QED) is 0.255. The Morgan fingerprint density at radius 1 is 1.19 bits per heavy atom. The Balaban J connectivity index is 1.83. The number of aliphatic hydroxyl groups excluding tert-OH is 1. The van der Waals surface area contributed by atoms with Crippen LogP contribution >= 0.6 is 27.7 Å². The fourth-order valence-electron chi connectivity index (χ4n) is 7.17. The second-order valence-corrected chi connectivity index (χ2v) is 15.7. The lowest BCUT2D eigenvalue weighted by atomic mass is 9.70. The molecular formula is C33H46BrN3O4S. The van der Waals surface area contributed by atoms with Gasteiger partial charge in [-0.15, -0.1) is 24.9 Å². The number of carbonyl (C=O) groups is 3. The third kappa shape index (κ3) is 5.61. The van der Waals surface area contributed by atoms with E-state index in [2.05, 4.69) is 29.1 Å². The molecule has 0 aliphatic carbocycles. The van der Waals surface area contributed by atoms with Crippen molar-refractivity contribution in [2.24, 2.45) is 17.8 Å². The molecule has 8 atom stereocenters. The van der Waals surface area contributed by atoms with Crippen LogP contribution in [0.5, 0.6) is 0 Å². The van der Waals surface area contributed by atoms with Gasteiger partial charge in [-0.3, -0.25) is 14.4 Å². The van der Waals surface area contributed by atoms with E-state index in [0.29, 0.717) is 26.1 Å². The standard InChI is InChI=1S/C33H46BrN3O4S/c1-8-16-35(19-22-14-12-11-13-15-22)29(39)25-26-30(40)37(24(20-38)21(4)10-3)28(33(26)18-23(34)27(25)42-33)31(41)36(17-9-2)32(5,6)7/h8-9,11-15,21,23-28,38H,1-2,10,16-20H2,3-7H3/t21-,23?,24-,25-,26-,27-,28?,33?/m0/s1. The van der Waals surface area contributed by atoms with Crippen LogP contribution in [-0.2, 0) is 20.9 Å². The Morgan fingerprint density at radius 3 is 2.38 bits per heavy atom. The molecule has 1 spiro atoms. The Kier molecular flexibility index (Phi) is 10.0. The lowest BCUT2D eigenvalue weighted by Gasteiger charge is -2.44. The number of amides is 3. The van der Waals surface area contributed by atoms with Crippen molar-refractivity contribution in [1.29, 1.82) is 0 Å². The van der Waals surface area contributed by atoms with Crippen molar-refractivity contribution >= 4 is 45.4 Å². The molecule has 7 nitrogen and oxygen atoms in total. The summed E-state index contributed by atoms with van der Waals surface area (Å²) in [5.74, 6) is -1.70. The zero-order valence-corrected chi connectivity index (χ0v) is 27.9. The number of halogens is 1. The van der Waals surface area contributed by atoms with Crippen LogP contribution in [0.2, 0.25) is 0 Å². The minimum Gasteiger partial charge on any atom is -0.394 e. The van der Waals surface area contributed by atoms with E-state index in [1.165, 1.54) is 0 Å². The van der Waals surface area contributed by atoms with Gasteiger partial charge in [0.2, 0.25) is 17.7 Å². The molecule has 0 radical (unpaired) electrons. The summed E-state index contributed by atoms with van der Waals surface area (Å²) in [6.07, 6.45) is 4.78. The van der Waals surface area contributed by atoms with Gasteiger partial charge in [0.1, 0.15) is 6.04 Å². The molecule has 3 fully saturated rings. The number of fused-ring (bicyclic) bond motifs is 1. The molecule has 3 aliphatic heterocycles. The van der Waals surface area contributed by atoms with Gasteiger partial charge in [0.25, 0.3) is 0 Å². The van der Waals surface area contributed by atoms with Gasteiger partial charge < -0.3 is 19.8 Å². The molecule has 3 unspecified atom stereocenters. The summed E-state index contributed by atoms with van der Waals surface area (Å²) in [4.78, 5) is 49.1. The maximum Gasteiger partial charge on any atom is 0.247 e. The number of benzene rings is 1. The Morgan fingerprint density at radius 2 is 1.83 bits per heavy atom. The zero-order chi connectivity index (χ0) is 31.0. The molecule has 0 aromatic heterocycles. The number of hydrogen-bond donors (Lipinski definition) is 1. The molecular weight excluding hydrogens is 614 g/mol. The van der Waals surface area contributed by atoms with Crippen LogP contribution in [0.4, 0.5) is 0 Å². The number of hydrogen-bond acceptors (Lipinski definition) is 5. The molecule has 2 bridgehead atoms. The molecule has 3 heterocycles. The smallest absolute Gasteiger partial charge is 0.247 e. The number of alkyl halides is 1. The number of nitrogens with zero attached hydrogens (tertiary/aromatic N) is 3. The van der Waals surface area contributed by atoms with Crippen LogP contribution in [0, 0.1) is 17.8 Å². The van der Waals surface area contributed by atoms with Crippen LogP contribution in [0.15, 0.2) is 55.6 Å². The average Bonchev–Trinajstić information content (AvgIpc) is 3.54. The van der Waals surface area contributed by atoms with Crippen molar-refractivity contribution in [3.63, 3.8) is 0 Å². The van der Waals surface area contributed by atoms with Gasteiger partial charge in [-0.2, -0.15) is 0 Å². The van der Waals surface area contributed by atoms with Crippen molar-refractivity contribution in [2.75, 3.05) is 19.7 Å². The molecule has 0 saturated carbocycles. The summed E-state index contributed by atoms with van der Waals surface area (Å²) >= 11 is 5.51. The first-order valence-corrected chi connectivity index (χ1v) is 16.8. The molecule has 1 N–H and O–H groups in total. The van der Waals surface area contributed by atoms with E-state index in [1.54, 1.807) is 38.6 Å². The molecule has 3 aliphatic rings. The van der Waals surface area contributed by atoms with E-state index in [0.717, 1.165) is 12.0 Å². The van der Waals surface area contributed by atoms with Gasteiger partial charge in [0, 0.05) is 35.3 Å². The summed E-state index contributed by atoms with van der Waals surface area (Å²) in [6.45, 7) is 18.7. The predicted octanol–water partition coefficient (Wildman–Crippen LogP) is 4.89. The third-order valence-corrected chi connectivity index (χ3v) is 12.6. The van der Waals surface area contributed by atoms with E-state index in [1.807, 2.05) is 65.0 Å². The largest absolute Gasteiger partial charge is 0.394 e. The van der Waals surface area contributed by atoms with Crippen LogP contribution in [0.1, 0.15) is 53.0 Å². The highest BCUT2D eigenvalue weighted by molar-refractivity contribution is 9.09. The summed E-state index contributed by atoms with van der Waals surface area (Å²) in [6, 6.07) is 8.50. The predicted molar refractivity (Wildman–Crippen MR) is 173 cm³/mol. The lowest BCUT2D eigenvalue weighted by molar-refractivity contribution is -0.150. The Labute approximate surface area is 263 Å². The first-order chi connectivity index (χ1) is 19.9. The van der Waals surface area contributed by atoms with E-state index >= 15 is 0 Å². The topological polar surface area (TPSA) is 81.2 Å². The van der Waals surface area contributed by atoms with Crippen LogP contribution in [0.25, 0.3) is 0 Å². The van der Waals surface area contributed by atoms with Crippen LogP contribution in [0.3, 0.4) is 0 Å². The Hall–Kier alpha value is -2.10. The summed E-state index contributed by atoms with van der Waals surface area (Å²) in [7, 11) is 0. The van der Waals surface area contributed by atoms with Gasteiger partial charge in [0.05, 0.1) is 29.2 Å². The average molecular weight is 661 g/mol. The minimum absolute atomic E-state index is 0.0292. The molecule has 9 heteroatoms. The van der Waals surface area contributed by atoms with E-state index in [9.17, 15) is 19.5 Å². The van der Waals surface area contributed by atoms with Crippen LogP contribution in [-0.4, -0.2) is 89.7 Å². The third-order valence-electron chi connectivity index (χ3n) is 9.36. The first-order valence-electron chi connectivity index (χ1n) is 15.0. The molecule has 3 amide bonds. The highest BCUT2D eigenvalue weighted by Crippen LogP contribution is 2.68. The molecule has 230 valence electrons. The summed E-state index contributed by atoms with van der Waals surface area (Å²) in [5, 5.41) is 10.5. The van der Waals surface area contributed by atoms with Gasteiger partial charge in [-0.1, -0.05) is 78.7 Å². The number of carbonyl (C=O) groups excluding carboxylic acids is 3. The fourth-order valence-corrected chi connectivity index (χ4v) is 10.8. The van der Waals surface area contributed by atoms with Gasteiger partial charge in [0.15, 0.2) is 0 Å². The lowest BCUT2D eigenvalue weighted by Crippen LogP contribution is -2.61. The highest BCUT2D eigenvalue weighted by atomic mass is 79.9. The van der Waals surface area contributed by atoms with E-state index in [-0.39, 0.29) is 40.3 Å². The van der Waals surface area contributed by atoms with Crippen molar-refractivity contribution < 1.29 is 19.5 Å². The number of rotatable bonds is 12. The molecule has 1 aromatic rings. The van der Waals surface area contributed by atoms with Gasteiger partial charge in [-0.25, -0.2) is 0 Å².